The van der Waals surface area contributed by atoms with Gasteiger partial charge in [-0.15, -0.1) is 0 Å². The van der Waals surface area contributed by atoms with E-state index in [1.807, 2.05) is 125 Å². The molecule has 0 amide bonds. The maximum Gasteiger partial charge on any atom is 0.164 e. The largest absolute Gasteiger partial charge is 0.512 e. The molecule has 0 aliphatic rings. The van der Waals surface area contributed by atoms with Crippen LogP contribution >= 0.6 is 0 Å². The van der Waals surface area contributed by atoms with E-state index in [0.717, 1.165) is 0 Å². The minimum Gasteiger partial charge on any atom is -0.512 e. The van der Waals surface area contributed by atoms with Crippen LogP contribution < -0.4 is 0 Å². The van der Waals surface area contributed by atoms with Crippen molar-refractivity contribution < 1.29 is 66.6 Å². The minimum atomic E-state index is -0.417. The van der Waals surface area contributed by atoms with E-state index in [1.165, 1.54) is 18.2 Å². The molecule has 0 aliphatic carbocycles. The maximum atomic E-state index is 11.5. The van der Waals surface area contributed by atoms with Gasteiger partial charge in [0.05, 0.1) is 0 Å². The van der Waals surface area contributed by atoms with Crippen LogP contribution in [0, 0.1) is 69.4 Å². The first kappa shape index (κ1) is 45.8. The average Bonchev–Trinajstić information content (AvgIpc) is 2.64. The Hall–Kier alpha value is -1.14. The third-order valence-corrected chi connectivity index (χ3v) is 5.33. The predicted molar refractivity (Wildman–Crippen MR) is 164 cm³/mol. The fourth-order valence-corrected chi connectivity index (χ4v) is 1.67. The average molecular weight is 728 g/mol. The van der Waals surface area contributed by atoms with Gasteiger partial charge in [-0.3, -0.25) is 14.4 Å². The molecule has 1 radical (unpaired) electrons. The Labute approximate surface area is 275 Å². The molecule has 0 rings (SSSR count). The molecular formula is C33H60LuO6. The summed E-state index contributed by atoms with van der Waals surface area (Å²) in [4.78, 5) is 34.5. The molecule has 0 aliphatic heterocycles. The van der Waals surface area contributed by atoms with Crippen molar-refractivity contribution in [3.8, 4) is 0 Å². The number of allylic oxidation sites excluding steroid dienone is 6. The molecule has 0 aromatic rings. The van der Waals surface area contributed by atoms with Crippen molar-refractivity contribution in [2.24, 2.45) is 32.5 Å². The van der Waals surface area contributed by atoms with Crippen molar-refractivity contribution >= 4 is 17.3 Å². The summed E-state index contributed by atoms with van der Waals surface area (Å²) in [5.41, 5.74) is -2.29. The normalized spacial score (nSPS) is 14.1. The summed E-state index contributed by atoms with van der Waals surface area (Å²) >= 11 is 0. The molecule has 6 nitrogen and oxygen atoms in total. The van der Waals surface area contributed by atoms with Crippen LogP contribution in [0.3, 0.4) is 0 Å². The quantitative estimate of drug-likeness (QED) is 0.198. The van der Waals surface area contributed by atoms with Crippen molar-refractivity contribution in [1.82, 2.24) is 0 Å². The molecule has 3 N–H and O–H groups in total. The molecule has 0 bridgehead atoms. The third kappa shape index (κ3) is 21.6. The topological polar surface area (TPSA) is 112 Å². The summed E-state index contributed by atoms with van der Waals surface area (Å²) in [6.07, 6.45) is 4.00. The second-order valence-corrected chi connectivity index (χ2v) is 16.2. The van der Waals surface area contributed by atoms with Crippen molar-refractivity contribution in [2.45, 2.75) is 125 Å². The second kappa shape index (κ2) is 16.5. The minimum absolute atomic E-state index is 0. The van der Waals surface area contributed by atoms with Gasteiger partial charge < -0.3 is 15.3 Å². The summed E-state index contributed by atoms with van der Waals surface area (Å²) in [5.74, 6) is 0.312. The molecule has 243 valence electrons. The standard InChI is InChI=1S/3C11H20O2.Lu/c3*1-10(2,3)8(12)7-9(13)11(4,5)6;/h3*7,12H,1-6H3;. The fourth-order valence-electron chi connectivity index (χ4n) is 1.67. The van der Waals surface area contributed by atoms with Crippen LogP contribution in [0.2, 0.25) is 0 Å². The zero-order valence-electron chi connectivity index (χ0n) is 28.6. The van der Waals surface area contributed by atoms with Crippen LogP contribution in [0.4, 0.5) is 0 Å². The zero-order valence-corrected chi connectivity index (χ0v) is 30.2. The Bertz CT molecular complexity index is 801. The smallest absolute Gasteiger partial charge is 0.164 e. The summed E-state index contributed by atoms with van der Waals surface area (Å²) in [7, 11) is 0. The van der Waals surface area contributed by atoms with Gasteiger partial charge in [0.1, 0.15) is 17.3 Å². The Balaban J connectivity index is -0.000000240. The number of aliphatic hydroxyl groups excluding tert-OH is 3. The van der Waals surface area contributed by atoms with E-state index in [9.17, 15) is 29.7 Å². The van der Waals surface area contributed by atoms with Gasteiger partial charge in [0.15, 0.2) is 17.3 Å². The molecular weight excluding hydrogens is 667 g/mol. The van der Waals surface area contributed by atoms with Gasteiger partial charge >= 0.3 is 0 Å². The van der Waals surface area contributed by atoms with E-state index in [0.29, 0.717) is 0 Å². The van der Waals surface area contributed by atoms with Crippen LogP contribution in [0.25, 0.3) is 0 Å². The van der Waals surface area contributed by atoms with E-state index in [4.69, 9.17) is 0 Å². The van der Waals surface area contributed by atoms with E-state index >= 15 is 0 Å². The van der Waals surface area contributed by atoms with Crippen molar-refractivity contribution in [1.29, 1.82) is 0 Å². The molecule has 0 unspecified atom stereocenters. The van der Waals surface area contributed by atoms with Crippen molar-refractivity contribution in [2.75, 3.05) is 0 Å². The third-order valence-electron chi connectivity index (χ3n) is 5.33. The van der Waals surface area contributed by atoms with Crippen LogP contribution in [-0.4, -0.2) is 32.7 Å². The van der Waals surface area contributed by atoms with Gasteiger partial charge in [-0.1, -0.05) is 125 Å². The molecule has 40 heavy (non-hydrogen) atoms. The first-order valence-corrected chi connectivity index (χ1v) is 13.5. The first-order valence-electron chi connectivity index (χ1n) is 13.5. The molecule has 0 aromatic heterocycles. The van der Waals surface area contributed by atoms with Gasteiger partial charge in [0.25, 0.3) is 0 Å². The van der Waals surface area contributed by atoms with Crippen molar-refractivity contribution in [3.05, 3.63) is 35.5 Å². The molecule has 0 atom stereocenters. The number of aliphatic hydroxyl groups is 3. The van der Waals surface area contributed by atoms with Crippen LogP contribution in [-0.2, 0) is 14.4 Å². The number of ketones is 3. The molecule has 0 saturated carbocycles. The summed E-state index contributed by atoms with van der Waals surface area (Å²) < 4.78 is 0. The van der Waals surface area contributed by atoms with Gasteiger partial charge in [0.2, 0.25) is 0 Å². The second-order valence-electron chi connectivity index (χ2n) is 16.2. The van der Waals surface area contributed by atoms with Gasteiger partial charge in [-0.2, -0.15) is 0 Å². The van der Waals surface area contributed by atoms with E-state index in [2.05, 4.69) is 0 Å². The van der Waals surface area contributed by atoms with Gasteiger partial charge in [-0.25, -0.2) is 0 Å². The zero-order chi connectivity index (χ0) is 32.6. The molecule has 0 spiro atoms. The first-order chi connectivity index (χ1) is 16.6. The Morgan fingerprint density at radius 1 is 0.350 bits per heavy atom. The van der Waals surface area contributed by atoms with Crippen LogP contribution in [0.15, 0.2) is 35.5 Å². The SMILES string of the molecule is CC(C)(C)C(=O)C=C(O)C(C)(C)C.CC(C)(C)C(=O)C=C(O)C(C)(C)C.CC(C)(C)C(=O)C=C(O)C(C)(C)C.[Lu]. The number of hydrogen-bond acceptors (Lipinski definition) is 6. The maximum absolute atomic E-state index is 11.5. The number of hydrogen-bond donors (Lipinski definition) is 3. The monoisotopic (exact) mass is 727 g/mol. The van der Waals surface area contributed by atoms with Gasteiger partial charge in [0, 0.05) is 87.6 Å². The number of carbonyl (C=O) groups excluding carboxylic acids is 3. The van der Waals surface area contributed by atoms with Crippen LogP contribution in [0.5, 0.6) is 0 Å². The molecule has 0 aromatic carbocycles. The van der Waals surface area contributed by atoms with E-state index in [-0.39, 0.29) is 87.7 Å². The molecule has 0 heterocycles. The molecule has 0 fully saturated rings. The summed E-state index contributed by atoms with van der Waals surface area (Å²) in [5, 5.41) is 28.7. The Kier molecular flexibility index (Phi) is 18.9. The predicted octanol–water partition coefficient (Wildman–Crippen LogP) is 9.27. The Morgan fingerprint density at radius 3 is 0.550 bits per heavy atom. The number of carbonyl (C=O) groups is 3. The summed E-state index contributed by atoms with van der Waals surface area (Å²) in [6.45, 7) is 33.3. The Morgan fingerprint density at radius 2 is 0.475 bits per heavy atom. The summed E-state index contributed by atoms with van der Waals surface area (Å²) in [6, 6.07) is 0. The number of rotatable bonds is 3. The van der Waals surface area contributed by atoms with Crippen molar-refractivity contribution in [3.63, 3.8) is 0 Å². The van der Waals surface area contributed by atoms with E-state index < -0.39 is 16.2 Å². The molecule has 0 saturated heterocycles. The molecule has 7 heteroatoms. The van der Waals surface area contributed by atoms with Gasteiger partial charge in [-0.05, 0) is 0 Å². The van der Waals surface area contributed by atoms with Crippen LogP contribution in [0.1, 0.15) is 125 Å². The van der Waals surface area contributed by atoms with E-state index in [1.54, 1.807) is 0 Å². The fraction of sp³-hybridized carbons (Fsp3) is 0.727.